The molecule has 2 aromatic rings. The van der Waals surface area contributed by atoms with Crippen molar-refractivity contribution in [3.63, 3.8) is 0 Å². The van der Waals surface area contributed by atoms with Gasteiger partial charge in [0.2, 0.25) is 10.0 Å². The van der Waals surface area contributed by atoms with Gasteiger partial charge in [-0.2, -0.15) is 4.31 Å². The molecule has 0 radical (unpaired) electrons. The first-order chi connectivity index (χ1) is 12.8. The standard InChI is InChI=1S/C20H23NO5S/c1-14(22)15-6-8-17(9-7-15)27(24,25)21-12-16-4-2-10-20(23,18(16)13-21)19-5-3-11-26-19/h3,5-9,11,16,18,23H,2,4,10,12-13H2,1H3/t16-,18-,20+/m0/s1. The van der Waals surface area contributed by atoms with Crippen LogP contribution in [0.25, 0.3) is 0 Å². The monoisotopic (exact) mass is 389 g/mol. The summed E-state index contributed by atoms with van der Waals surface area (Å²) in [6, 6.07) is 9.55. The average Bonchev–Trinajstić information content (AvgIpc) is 3.33. The van der Waals surface area contributed by atoms with Crippen LogP contribution >= 0.6 is 0 Å². The van der Waals surface area contributed by atoms with E-state index in [9.17, 15) is 18.3 Å². The normalized spacial score (nSPS) is 28.8. The zero-order valence-corrected chi connectivity index (χ0v) is 16.0. The highest BCUT2D eigenvalue weighted by Gasteiger charge is 2.53. The number of carbonyl (C=O) groups is 1. The van der Waals surface area contributed by atoms with Gasteiger partial charge in [0.05, 0.1) is 11.2 Å². The molecule has 0 bridgehead atoms. The molecular formula is C20H23NO5S. The molecule has 3 atom stereocenters. The number of Topliss-reactive ketones (excluding diaryl/α,β-unsaturated/α-hetero) is 1. The lowest BCUT2D eigenvalue weighted by molar-refractivity contribution is -0.0795. The Morgan fingerprint density at radius 2 is 1.96 bits per heavy atom. The summed E-state index contributed by atoms with van der Waals surface area (Å²) in [6.45, 7) is 2.10. The van der Waals surface area contributed by atoms with Gasteiger partial charge in [-0.1, -0.05) is 12.1 Å². The number of fused-ring (bicyclic) bond motifs is 1. The summed E-state index contributed by atoms with van der Waals surface area (Å²) in [5, 5.41) is 11.3. The van der Waals surface area contributed by atoms with E-state index < -0.39 is 15.6 Å². The highest BCUT2D eigenvalue weighted by molar-refractivity contribution is 7.89. The number of hydrogen-bond acceptors (Lipinski definition) is 5. The summed E-state index contributed by atoms with van der Waals surface area (Å²) in [7, 11) is -3.68. The van der Waals surface area contributed by atoms with Crippen molar-refractivity contribution in [1.82, 2.24) is 4.31 Å². The van der Waals surface area contributed by atoms with Gasteiger partial charge >= 0.3 is 0 Å². The second kappa shape index (κ2) is 6.58. The molecular weight excluding hydrogens is 366 g/mol. The maximum Gasteiger partial charge on any atom is 0.243 e. The van der Waals surface area contributed by atoms with E-state index in [4.69, 9.17) is 4.42 Å². The van der Waals surface area contributed by atoms with Gasteiger partial charge in [0.1, 0.15) is 11.4 Å². The molecule has 0 unspecified atom stereocenters. The quantitative estimate of drug-likeness (QED) is 0.813. The summed E-state index contributed by atoms with van der Waals surface area (Å²) >= 11 is 0. The number of furan rings is 1. The molecule has 144 valence electrons. The molecule has 1 N–H and O–H groups in total. The summed E-state index contributed by atoms with van der Waals surface area (Å²) in [5.41, 5.74) is -0.647. The first-order valence-corrected chi connectivity index (χ1v) is 10.6. The molecule has 0 spiro atoms. The SMILES string of the molecule is CC(=O)c1ccc(S(=O)(=O)N2C[C@@H]3CCC[C@](O)(c4ccco4)[C@H]3C2)cc1. The number of benzene rings is 1. The van der Waals surface area contributed by atoms with Gasteiger partial charge in [0.25, 0.3) is 0 Å². The van der Waals surface area contributed by atoms with Gasteiger partial charge in [-0.3, -0.25) is 4.79 Å². The lowest BCUT2D eigenvalue weighted by atomic mass is 9.69. The third-order valence-electron chi connectivity index (χ3n) is 6.00. The molecule has 2 heterocycles. The fraction of sp³-hybridized carbons (Fsp3) is 0.450. The zero-order chi connectivity index (χ0) is 19.2. The van der Waals surface area contributed by atoms with Gasteiger partial charge in [0, 0.05) is 24.6 Å². The van der Waals surface area contributed by atoms with Gasteiger partial charge in [-0.05, 0) is 56.4 Å². The molecule has 1 aliphatic carbocycles. The number of hydrogen-bond donors (Lipinski definition) is 1. The van der Waals surface area contributed by atoms with E-state index >= 15 is 0 Å². The predicted molar refractivity (Wildman–Crippen MR) is 98.6 cm³/mol. The summed E-state index contributed by atoms with van der Waals surface area (Å²) in [5.74, 6) is 0.320. The largest absolute Gasteiger partial charge is 0.466 e. The average molecular weight is 389 g/mol. The Balaban J connectivity index is 1.62. The Labute approximate surface area is 158 Å². The van der Waals surface area contributed by atoms with Gasteiger partial charge in [-0.15, -0.1) is 0 Å². The van der Waals surface area contributed by atoms with Crippen molar-refractivity contribution in [1.29, 1.82) is 0 Å². The molecule has 1 saturated heterocycles. The maximum atomic E-state index is 13.1. The zero-order valence-electron chi connectivity index (χ0n) is 15.2. The minimum atomic E-state index is -3.68. The Hall–Kier alpha value is -1.96. The van der Waals surface area contributed by atoms with Crippen LogP contribution in [-0.2, 0) is 15.6 Å². The van der Waals surface area contributed by atoms with Crippen molar-refractivity contribution in [2.75, 3.05) is 13.1 Å². The minimum Gasteiger partial charge on any atom is -0.466 e. The molecule has 4 rings (SSSR count). The van der Waals surface area contributed by atoms with Crippen LogP contribution < -0.4 is 0 Å². The lowest BCUT2D eigenvalue weighted by Gasteiger charge is -2.39. The topological polar surface area (TPSA) is 87.8 Å². The fourth-order valence-electron chi connectivity index (χ4n) is 4.52. The predicted octanol–water partition coefficient (Wildman–Crippen LogP) is 2.79. The van der Waals surface area contributed by atoms with Crippen molar-refractivity contribution >= 4 is 15.8 Å². The second-order valence-corrected chi connectivity index (χ2v) is 9.50. The van der Waals surface area contributed by atoms with Crippen molar-refractivity contribution in [3.05, 3.63) is 54.0 Å². The molecule has 1 aliphatic heterocycles. The fourth-order valence-corrected chi connectivity index (χ4v) is 6.04. The second-order valence-electron chi connectivity index (χ2n) is 7.56. The molecule has 2 aliphatic rings. The van der Waals surface area contributed by atoms with Crippen molar-refractivity contribution < 1.29 is 22.7 Å². The Bertz CT molecular complexity index is 935. The van der Waals surface area contributed by atoms with Crippen LogP contribution in [0.15, 0.2) is 52.0 Å². The molecule has 7 heteroatoms. The van der Waals surface area contributed by atoms with E-state index in [1.807, 2.05) is 0 Å². The van der Waals surface area contributed by atoms with E-state index in [0.29, 0.717) is 24.3 Å². The first-order valence-electron chi connectivity index (χ1n) is 9.20. The summed E-state index contributed by atoms with van der Waals surface area (Å²) in [6.07, 6.45) is 3.84. The van der Waals surface area contributed by atoms with Crippen LogP contribution in [0.5, 0.6) is 0 Å². The Morgan fingerprint density at radius 3 is 2.59 bits per heavy atom. The number of sulfonamides is 1. The molecule has 6 nitrogen and oxygen atoms in total. The van der Waals surface area contributed by atoms with Crippen molar-refractivity contribution in [2.45, 2.75) is 36.7 Å². The van der Waals surface area contributed by atoms with Crippen LogP contribution in [0.2, 0.25) is 0 Å². The van der Waals surface area contributed by atoms with Crippen LogP contribution in [0, 0.1) is 11.8 Å². The van der Waals surface area contributed by atoms with E-state index in [1.54, 1.807) is 12.1 Å². The van der Waals surface area contributed by atoms with E-state index in [1.165, 1.54) is 41.8 Å². The summed E-state index contributed by atoms with van der Waals surface area (Å²) < 4.78 is 33.1. The number of rotatable bonds is 4. The Kier molecular flexibility index (Phi) is 4.49. The molecule has 2 fully saturated rings. The lowest BCUT2D eigenvalue weighted by Crippen LogP contribution is -2.42. The van der Waals surface area contributed by atoms with Crippen LogP contribution in [0.4, 0.5) is 0 Å². The minimum absolute atomic E-state index is 0.0973. The van der Waals surface area contributed by atoms with Crippen LogP contribution in [0.3, 0.4) is 0 Å². The van der Waals surface area contributed by atoms with E-state index in [0.717, 1.165) is 12.8 Å². The highest BCUT2D eigenvalue weighted by Crippen LogP contribution is 2.49. The molecule has 1 aromatic carbocycles. The van der Waals surface area contributed by atoms with E-state index in [2.05, 4.69) is 0 Å². The molecule has 27 heavy (non-hydrogen) atoms. The van der Waals surface area contributed by atoms with Crippen molar-refractivity contribution in [2.24, 2.45) is 11.8 Å². The molecule has 0 amide bonds. The van der Waals surface area contributed by atoms with Gasteiger partial charge < -0.3 is 9.52 Å². The third kappa shape index (κ3) is 3.03. The first kappa shape index (κ1) is 18.4. The summed E-state index contributed by atoms with van der Waals surface area (Å²) in [4.78, 5) is 11.6. The number of ketones is 1. The van der Waals surface area contributed by atoms with Gasteiger partial charge in [0.15, 0.2) is 5.78 Å². The number of carbonyl (C=O) groups excluding carboxylic acids is 1. The highest BCUT2D eigenvalue weighted by atomic mass is 32.2. The van der Waals surface area contributed by atoms with Crippen LogP contribution in [-0.4, -0.2) is 36.7 Å². The van der Waals surface area contributed by atoms with Crippen LogP contribution in [0.1, 0.15) is 42.3 Å². The molecule has 1 aromatic heterocycles. The number of nitrogens with zero attached hydrogens (tertiary/aromatic N) is 1. The third-order valence-corrected chi connectivity index (χ3v) is 7.85. The Morgan fingerprint density at radius 1 is 1.22 bits per heavy atom. The smallest absolute Gasteiger partial charge is 0.243 e. The number of aliphatic hydroxyl groups is 1. The van der Waals surface area contributed by atoms with Gasteiger partial charge in [-0.25, -0.2) is 8.42 Å². The maximum absolute atomic E-state index is 13.1. The van der Waals surface area contributed by atoms with Crippen molar-refractivity contribution in [3.8, 4) is 0 Å². The van der Waals surface area contributed by atoms with E-state index in [-0.39, 0.29) is 29.1 Å². The molecule has 1 saturated carbocycles.